The van der Waals surface area contributed by atoms with Gasteiger partial charge < -0.3 is 15.0 Å². The molecule has 1 amide bonds. The van der Waals surface area contributed by atoms with E-state index in [1.165, 1.54) is 0 Å². The summed E-state index contributed by atoms with van der Waals surface area (Å²) in [5.74, 6) is 2.29. The fourth-order valence-corrected chi connectivity index (χ4v) is 3.13. The minimum absolute atomic E-state index is 0.0194. The molecule has 0 radical (unpaired) electrons. The summed E-state index contributed by atoms with van der Waals surface area (Å²) in [5, 5.41) is 3.31. The summed E-state index contributed by atoms with van der Waals surface area (Å²) >= 11 is 1.86. The number of nitrogens with zero attached hydrogens (tertiary/aromatic N) is 1. The van der Waals surface area contributed by atoms with Crippen molar-refractivity contribution in [3.05, 3.63) is 0 Å². The van der Waals surface area contributed by atoms with Crippen LogP contribution in [-0.4, -0.2) is 60.7 Å². The van der Waals surface area contributed by atoms with E-state index in [1.807, 2.05) is 16.7 Å². The maximum absolute atomic E-state index is 12.3. The summed E-state index contributed by atoms with van der Waals surface area (Å²) in [6.45, 7) is 5.19. The summed E-state index contributed by atoms with van der Waals surface area (Å²) in [6, 6.07) is 0.292. The van der Waals surface area contributed by atoms with Gasteiger partial charge in [-0.05, 0) is 6.42 Å². The molecule has 92 valence electrons. The first-order valence-corrected chi connectivity index (χ1v) is 7.17. The predicted molar refractivity (Wildman–Crippen MR) is 65.7 cm³/mol. The standard InChI is InChI=1S/C11H20N2O2S/c1-2-9-7-15-5-4-13(9)11(14)10-8-16-6-3-12-10/h9-10,12H,2-8H2,1H3. The quantitative estimate of drug-likeness (QED) is 0.760. The minimum Gasteiger partial charge on any atom is -0.377 e. The molecule has 2 atom stereocenters. The largest absolute Gasteiger partial charge is 0.377 e. The van der Waals surface area contributed by atoms with Crippen molar-refractivity contribution in [3.8, 4) is 0 Å². The van der Waals surface area contributed by atoms with Gasteiger partial charge in [0.05, 0.1) is 25.3 Å². The molecule has 1 N–H and O–H groups in total. The lowest BCUT2D eigenvalue weighted by Gasteiger charge is -2.38. The molecule has 0 aromatic heterocycles. The van der Waals surface area contributed by atoms with Crippen LogP contribution in [0.2, 0.25) is 0 Å². The number of carbonyl (C=O) groups is 1. The van der Waals surface area contributed by atoms with E-state index in [9.17, 15) is 4.79 Å². The fraction of sp³-hybridized carbons (Fsp3) is 0.909. The van der Waals surface area contributed by atoms with Gasteiger partial charge in [-0.25, -0.2) is 0 Å². The van der Waals surface area contributed by atoms with Crippen LogP contribution in [0.1, 0.15) is 13.3 Å². The lowest BCUT2D eigenvalue weighted by molar-refractivity contribution is -0.141. The number of nitrogens with one attached hydrogen (secondary N) is 1. The Morgan fingerprint density at radius 1 is 1.62 bits per heavy atom. The monoisotopic (exact) mass is 244 g/mol. The SMILES string of the molecule is CCC1COCCN1C(=O)C1CSCCN1. The molecule has 2 heterocycles. The average Bonchev–Trinajstić information content (AvgIpc) is 2.39. The number of hydrogen-bond donors (Lipinski definition) is 1. The highest BCUT2D eigenvalue weighted by molar-refractivity contribution is 7.99. The van der Waals surface area contributed by atoms with Gasteiger partial charge in [0.15, 0.2) is 0 Å². The Morgan fingerprint density at radius 3 is 3.19 bits per heavy atom. The minimum atomic E-state index is 0.0194. The van der Waals surface area contributed by atoms with Crippen molar-refractivity contribution >= 4 is 17.7 Å². The summed E-state index contributed by atoms with van der Waals surface area (Å²) < 4.78 is 5.42. The summed E-state index contributed by atoms with van der Waals surface area (Å²) in [4.78, 5) is 14.3. The van der Waals surface area contributed by atoms with E-state index in [1.54, 1.807) is 0 Å². The molecule has 4 nitrogen and oxygen atoms in total. The van der Waals surface area contributed by atoms with Crippen molar-refractivity contribution in [1.29, 1.82) is 0 Å². The van der Waals surface area contributed by atoms with Crippen molar-refractivity contribution in [2.45, 2.75) is 25.4 Å². The van der Waals surface area contributed by atoms with E-state index in [0.29, 0.717) is 13.2 Å². The first kappa shape index (κ1) is 12.2. The van der Waals surface area contributed by atoms with E-state index in [-0.39, 0.29) is 18.0 Å². The third-order valence-corrected chi connectivity index (χ3v) is 4.26. The highest BCUT2D eigenvalue weighted by atomic mass is 32.2. The molecule has 0 spiro atoms. The topological polar surface area (TPSA) is 41.6 Å². The molecule has 16 heavy (non-hydrogen) atoms. The Bertz CT molecular complexity index is 244. The molecule has 0 aromatic rings. The summed E-state index contributed by atoms with van der Waals surface area (Å²) in [5.41, 5.74) is 0. The molecule has 2 unspecified atom stereocenters. The van der Waals surface area contributed by atoms with Crippen molar-refractivity contribution in [3.63, 3.8) is 0 Å². The van der Waals surface area contributed by atoms with Crippen LogP contribution in [-0.2, 0) is 9.53 Å². The zero-order chi connectivity index (χ0) is 11.4. The first-order valence-electron chi connectivity index (χ1n) is 6.02. The van der Waals surface area contributed by atoms with Gasteiger partial charge in [-0.2, -0.15) is 11.8 Å². The van der Waals surface area contributed by atoms with Gasteiger partial charge in [0.2, 0.25) is 5.91 Å². The smallest absolute Gasteiger partial charge is 0.240 e. The van der Waals surface area contributed by atoms with E-state index in [4.69, 9.17) is 4.74 Å². The van der Waals surface area contributed by atoms with Gasteiger partial charge in [-0.1, -0.05) is 6.92 Å². The fourth-order valence-electron chi connectivity index (χ4n) is 2.21. The van der Waals surface area contributed by atoms with Gasteiger partial charge in [0.25, 0.3) is 0 Å². The normalized spacial score (nSPS) is 31.4. The van der Waals surface area contributed by atoms with Crippen molar-refractivity contribution in [2.24, 2.45) is 0 Å². The van der Waals surface area contributed by atoms with E-state index in [2.05, 4.69) is 12.2 Å². The second kappa shape index (κ2) is 5.89. The molecule has 0 aromatic carbocycles. The summed E-state index contributed by atoms with van der Waals surface area (Å²) in [6.07, 6.45) is 0.978. The molecule has 0 saturated carbocycles. The molecule has 0 aliphatic carbocycles. The van der Waals surface area contributed by atoms with Crippen LogP contribution in [0.4, 0.5) is 0 Å². The van der Waals surface area contributed by atoms with Crippen LogP contribution >= 0.6 is 11.8 Å². The number of carbonyl (C=O) groups excluding carboxylic acids is 1. The first-order chi connectivity index (χ1) is 7.83. The third kappa shape index (κ3) is 2.70. The van der Waals surface area contributed by atoms with Gasteiger partial charge in [0, 0.05) is 24.6 Å². The van der Waals surface area contributed by atoms with Crippen molar-refractivity contribution < 1.29 is 9.53 Å². The summed E-state index contributed by atoms with van der Waals surface area (Å²) in [7, 11) is 0. The maximum atomic E-state index is 12.3. The van der Waals surface area contributed by atoms with Gasteiger partial charge >= 0.3 is 0 Å². The Morgan fingerprint density at radius 2 is 2.50 bits per heavy atom. The molecule has 0 bridgehead atoms. The van der Waals surface area contributed by atoms with Crippen LogP contribution in [0.25, 0.3) is 0 Å². The van der Waals surface area contributed by atoms with E-state index < -0.39 is 0 Å². The Labute approximate surface area is 101 Å². The molecular formula is C11H20N2O2S. The highest BCUT2D eigenvalue weighted by Crippen LogP contribution is 2.15. The predicted octanol–water partition coefficient (Wildman–Crippen LogP) is 0.329. The van der Waals surface area contributed by atoms with E-state index in [0.717, 1.165) is 31.0 Å². The van der Waals surface area contributed by atoms with E-state index >= 15 is 0 Å². The molecule has 5 heteroatoms. The van der Waals surface area contributed by atoms with Crippen LogP contribution < -0.4 is 5.32 Å². The Kier molecular flexibility index (Phi) is 4.49. The molecular weight excluding hydrogens is 224 g/mol. The van der Waals surface area contributed by atoms with Crippen molar-refractivity contribution in [2.75, 3.05) is 37.8 Å². The zero-order valence-corrected chi connectivity index (χ0v) is 10.6. The number of hydrogen-bond acceptors (Lipinski definition) is 4. The number of amides is 1. The second-order valence-electron chi connectivity index (χ2n) is 4.25. The van der Waals surface area contributed by atoms with Crippen LogP contribution in [0.3, 0.4) is 0 Å². The van der Waals surface area contributed by atoms with Gasteiger partial charge in [-0.3, -0.25) is 4.79 Å². The Balaban J connectivity index is 1.95. The molecule has 2 aliphatic heterocycles. The third-order valence-electron chi connectivity index (χ3n) is 3.20. The highest BCUT2D eigenvalue weighted by Gasteiger charge is 2.31. The van der Waals surface area contributed by atoms with Crippen molar-refractivity contribution in [1.82, 2.24) is 10.2 Å². The molecule has 2 aliphatic rings. The molecule has 2 rings (SSSR count). The lowest BCUT2D eigenvalue weighted by atomic mass is 10.1. The maximum Gasteiger partial charge on any atom is 0.240 e. The number of morpholine rings is 1. The van der Waals surface area contributed by atoms with Crippen LogP contribution in [0, 0.1) is 0 Å². The second-order valence-corrected chi connectivity index (χ2v) is 5.40. The number of rotatable bonds is 2. The van der Waals surface area contributed by atoms with Crippen LogP contribution in [0.15, 0.2) is 0 Å². The zero-order valence-electron chi connectivity index (χ0n) is 9.78. The molecule has 2 saturated heterocycles. The lowest BCUT2D eigenvalue weighted by Crippen LogP contribution is -2.56. The number of ether oxygens (including phenoxy) is 1. The molecule has 2 fully saturated rings. The Hall–Kier alpha value is -0.260. The van der Waals surface area contributed by atoms with Gasteiger partial charge in [0.1, 0.15) is 0 Å². The van der Waals surface area contributed by atoms with Crippen LogP contribution in [0.5, 0.6) is 0 Å². The number of thioether (sulfide) groups is 1. The average molecular weight is 244 g/mol. The van der Waals surface area contributed by atoms with Gasteiger partial charge in [-0.15, -0.1) is 0 Å².